The van der Waals surface area contributed by atoms with Gasteiger partial charge in [-0.2, -0.15) is 0 Å². The molecule has 1 rings (SSSR count). The van der Waals surface area contributed by atoms with E-state index in [-0.39, 0.29) is 5.75 Å². The molecule has 1 atom stereocenters. The molecule has 1 unspecified atom stereocenters. The van der Waals surface area contributed by atoms with Gasteiger partial charge < -0.3 is 5.11 Å². The minimum atomic E-state index is -3.41. The van der Waals surface area contributed by atoms with E-state index in [1.165, 1.54) is 6.92 Å². The van der Waals surface area contributed by atoms with Gasteiger partial charge in [-0.05, 0) is 19.3 Å². The second-order valence-corrected chi connectivity index (χ2v) is 6.02. The summed E-state index contributed by atoms with van der Waals surface area (Å²) in [4.78, 5) is 10.4. The number of carbonyl (C=O) groups is 1. The van der Waals surface area contributed by atoms with Crippen molar-refractivity contribution in [2.45, 2.75) is 31.4 Å². The molecule has 0 bridgehead atoms. The van der Waals surface area contributed by atoms with Crippen LogP contribution < -0.4 is 0 Å². The van der Waals surface area contributed by atoms with Crippen molar-refractivity contribution in [3.63, 3.8) is 0 Å². The van der Waals surface area contributed by atoms with Gasteiger partial charge in [0.05, 0.1) is 5.75 Å². The van der Waals surface area contributed by atoms with Crippen LogP contribution in [0.2, 0.25) is 0 Å². The summed E-state index contributed by atoms with van der Waals surface area (Å²) in [5, 5.41) is 7.26. The summed E-state index contributed by atoms with van der Waals surface area (Å²) in [7, 11) is -3.41. The molecule has 1 saturated carbocycles. The number of aliphatic carboxylic acids is 1. The molecule has 0 aromatic heterocycles. The summed E-state index contributed by atoms with van der Waals surface area (Å²) < 4.78 is 22.6. The predicted octanol–water partition coefficient (Wildman–Crippen LogP) is 0.674. The Bertz CT molecular complexity index is 289. The highest BCUT2D eigenvalue weighted by Crippen LogP contribution is 2.32. The molecule has 0 heterocycles. The Hall–Kier alpha value is -0.580. The van der Waals surface area contributed by atoms with Gasteiger partial charge in [0.2, 0.25) is 0 Å². The Balaban J connectivity index is 2.48. The van der Waals surface area contributed by atoms with Crippen molar-refractivity contribution in [2.24, 2.45) is 5.92 Å². The first kappa shape index (κ1) is 10.5. The number of sulfone groups is 1. The SMILES string of the molecule is CC(C(=O)O)S(=O)(=O)CCC1CC1. The van der Waals surface area contributed by atoms with Crippen molar-refractivity contribution in [1.82, 2.24) is 0 Å². The van der Waals surface area contributed by atoms with Gasteiger partial charge >= 0.3 is 5.97 Å². The van der Waals surface area contributed by atoms with Crippen LogP contribution in [0.1, 0.15) is 26.2 Å². The minimum absolute atomic E-state index is 0.0190. The molecular formula is C8H14O4S. The average Bonchev–Trinajstić information content (AvgIpc) is 2.82. The van der Waals surface area contributed by atoms with Gasteiger partial charge in [0.1, 0.15) is 0 Å². The lowest BCUT2D eigenvalue weighted by molar-refractivity contribution is -0.136. The van der Waals surface area contributed by atoms with E-state index in [1.54, 1.807) is 0 Å². The molecule has 76 valence electrons. The third kappa shape index (κ3) is 2.99. The van der Waals surface area contributed by atoms with E-state index < -0.39 is 21.1 Å². The quantitative estimate of drug-likeness (QED) is 0.717. The number of carboxylic acid groups (broad SMARTS) is 1. The minimum Gasteiger partial charge on any atom is -0.480 e. The lowest BCUT2D eigenvalue weighted by Crippen LogP contribution is -2.29. The molecule has 1 aliphatic carbocycles. The second-order valence-electron chi connectivity index (χ2n) is 3.58. The Kier molecular flexibility index (Phi) is 2.95. The van der Waals surface area contributed by atoms with E-state index in [2.05, 4.69) is 0 Å². The molecule has 5 heteroatoms. The molecule has 1 N–H and O–H groups in total. The van der Waals surface area contributed by atoms with E-state index in [1.807, 2.05) is 0 Å². The van der Waals surface area contributed by atoms with Crippen molar-refractivity contribution in [3.05, 3.63) is 0 Å². The van der Waals surface area contributed by atoms with E-state index in [4.69, 9.17) is 5.11 Å². The lowest BCUT2D eigenvalue weighted by atomic mass is 10.3. The normalized spacial score (nSPS) is 19.8. The summed E-state index contributed by atoms with van der Waals surface area (Å²) in [5.74, 6) is -0.711. The zero-order valence-corrected chi connectivity index (χ0v) is 8.38. The molecule has 4 nitrogen and oxygen atoms in total. The predicted molar refractivity (Wildman–Crippen MR) is 48.2 cm³/mol. The molecule has 0 amide bonds. The van der Waals surface area contributed by atoms with Gasteiger partial charge in [0.15, 0.2) is 15.1 Å². The van der Waals surface area contributed by atoms with E-state index in [0.29, 0.717) is 12.3 Å². The fourth-order valence-corrected chi connectivity index (χ4v) is 2.39. The highest BCUT2D eigenvalue weighted by molar-refractivity contribution is 7.92. The van der Waals surface area contributed by atoms with Crippen LogP contribution in [0.5, 0.6) is 0 Å². The van der Waals surface area contributed by atoms with E-state index in [0.717, 1.165) is 12.8 Å². The number of hydrogen-bond donors (Lipinski definition) is 1. The van der Waals surface area contributed by atoms with Crippen LogP contribution in [-0.4, -0.2) is 30.5 Å². The summed E-state index contributed by atoms with van der Waals surface area (Å²) in [5.41, 5.74) is 0. The van der Waals surface area contributed by atoms with Crippen molar-refractivity contribution < 1.29 is 18.3 Å². The topological polar surface area (TPSA) is 71.4 Å². The lowest BCUT2D eigenvalue weighted by Gasteiger charge is -2.07. The van der Waals surface area contributed by atoms with Crippen LogP contribution in [0, 0.1) is 5.92 Å². The second kappa shape index (κ2) is 3.65. The van der Waals surface area contributed by atoms with Gasteiger partial charge in [-0.25, -0.2) is 8.42 Å². The maximum Gasteiger partial charge on any atom is 0.321 e. The Morgan fingerprint density at radius 2 is 2.08 bits per heavy atom. The monoisotopic (exact) mass is 206 g/mol. The molecule has 1 aliphatic rings. The van der Waals surface area contributed by atoms with Gasteiger partial charge in [-0.15, -0.1) is 0 Å². The zero-order chi connectivity index (χ0) is 10.1. The highest BCUT2D eigenvalue weighted by atomic mass is 32.2. The Morgan fingerprint density at radius 1 is 1.54 bits per heavy atom. The first-order valence-corrected chi connectivity index (χ1v) is 6.09. The third-order valence-corrected chi connectivity index (χ3v) is 4.48. The summed E-state index contributed by atoms with van der Waals surface area (Å²) in [6, 6.07) is 0. The number of carboxylic acids is 1. The van der Waals surface area contributed by atoms with Gasteiger partial charge in [0.25, 0.3) is 0 Å². The molecule has 13 heavy (non-hydrogen) atoms. The first-order valence-electron chi connectivity index (χ1n) is 4.38. The molecule has 0 radical (unpaired) electrons. The summed E-state index contributed by atoms with van der Waals surface area (Å²) in [6.07, 6.45) is 2.81. The Labute approximate surface area is 77.9 Å². The van der Waals surface area contributed by atoms with Crippen LogP contribution in [0.15, 0.2) is 0 Å². The Morgan fingerprint density at radius 3 is 2.46 bits per heavy atom. The largest absolute Gasteiger partial charge is 0.480 e. The summed E-state index contributed by atoms with van der Waals surface area (Å²) >= 11 is 0. The maximum atomic E-state index is 11.3. The maximum absolute atomic E-state index is 11.3. The molecule has 0 aromatic rings. The average molecular weight is 206 g/mol. The van der Waals surface area contributed by atoms with Crippen molar-refractivity contribution in [1.29, 1.82) is 0 Å². The van der Waals surface area contributed by atoms with Gasteiger partial charge in [0, 0.05) is 0 Å². The van der Waals surface area contributed by atoms with E-state index >= 15 is 0 Å². The van der Waals surface area contributed by atoms with Crippen molar-refractivity contribution >= 4 is 15.8 Å². The van der Waals surface area contributed by atoms with Crippen molar-refractivity contribution in [2.75, 3.05) is 5.75 Å². The van der Waals surface area contributed by atoms with Gasteiger partial charge in [-0.3, -0.25) is 4.79 Å². The standard InChI is InChI=1S/C8H14O4S/c1-6(8(9)10)13(11,12)5-4-7-2-3-7/h6-7H,2-5H2,1H3,(H,9,10). The molecule has 0 spiro atoms. The molecule has 1 fully saturated rings. The van der Waals surface area contributed by atoms with Crippen LogP contribution in [-0.2, 0) is 14.6 Å². The fourth-order valence-electron chi connectivity index (χ4n) is 1.07. The number of rotatable bonds is 5. The highest BCUT2D eigenvalue weighted by Gasteiger charge is 2.30. The van der Waals surface area contributed by atoms with E-state index in [9.17, 15) is 13.2 Å². The zero-order valence-electron chi connectivity index (χ0n) is 7.56. The van der Waals surface area contributed by atoms with Crippen molar-refractivity contribution in [3.8, 4) is 0 Å². The van der Waals surface area contributed by atoms with Crippen LogP contribution in [0.25, 0.3) is 0 Å². The first-order chi connectivity index (χ1) is 5.93. The van der Waals surface area contributed by atoms with Crippen LogP contribution >= 0.6 is 0 Å². The smallest absolute Gasteiger partial charge is 0.321 e. The molecule has 0 saturated heterocycles. The third-order valence-electron chi connectivity index (χ3n) is 2.39. The van der Waals surface area contributed by atoms with Crippen LogP contribution in [0.4, 0.5) is 0 Å². The van der Waals surface area contributed by atoms with Crippen LogP contribution in [0.3, 0.4) is 0 Å². The number of hydrogen-bond acceptors (Lipinski definition) is 3. The fraction of sp³-hybridized carbons (Fsp3) is 0.875. The van der Waals surface area contributed by atoms with Gasteiger partial charge in [-0.1, -0.05) is 12.8 Å². The summed E-state index contributed by atoms with van der Waals surface area (Å²) in [6.45, 7) is 1.23. The molecular weight excluding hydrogens is 192 g/mol. The molecule has 0 aliphatic heterocycles. The molecule has 0 aromatic carbocycles.